The molecular formula is C9H6K2O5. The van der Waals surface area contributed by atoms with Crippen LogP contribution in [0.3, 0.4) is 0 Å². The Labute approximate surface area is 177 Å². The van der Waals surface area contributed by atoms with E-state index in [0.29, 0.717) is 11.3 Å². The van der Waals surface area contributed by atoms with Gasteiger partial charge in [0.1, 0.15) is 5.75 Å². The van der Waals surface area contributed by atoms with Crippen LogP contribution in [0.5, 0.6) is 5.75 Å². The van der Waals surface area contributed by atoms with Gasteiger partial charge in [-0.05, 0) is 18.3 Å². The van der Waals surface area contributed by atoms with Crippen LogP contribution in [0.15, 0.2) is 24.3 Å². The number of carboxylic acid groups (broad SMARTS) is 2. The standard InChI is InChI=1S/C8H6O2.CH2O3.2K/c9-7-5-10-8-4-2-1-3-6(7)8;2-1(3)4;;/h1-4H,5H2;(H2,2,3,4);;/q;;2*+1/p-2. The summed E-state index contributed by atoms with van der Waals surface area (Å²) in [5.74, 6) is 0.795. The number of ether oxygens (including phenoxy) is 1. The van der Waals surface area contributed by atoms with Gasteiger partial charge in [0.15, 0.2) is 6.61 Å². The van der Waals surface area contributed by atoms with Gasteiger partial charge in [-0.15, -0.1) is 0 Å². The third-order valence-corrected chi connectivity index (χ3v) is 1.55. The molecule has 0 atom stereocenters. The Morgan fingerprint density at radius 3 is 2.19 bits per heavy atom. The second-order valence-corrected chi connectivity index (χ2v) is 2.46. The molecule has 0 unspecified atom stereocenters. The SMILES string of the molecule is O=C([O-])[O-].O=C1COc2ccccc21.[K+].[K+]. The number of Topliss-reactive ketones (excluding diaryl/α,β-unsaturated/α-hetero) is 1. The second-order valence-electron chi connectivity index (χ2n) is 2.46. The first-order valence-electron chi connectivity index (χ1n) is 3.74. The molecular weight excluding hydrogens is 266 g/mol. The Balaban J connectivity index is 0. The van der Waals surface area contributed by atoms with Crippen molar-refractivity contribution < 1.29 is 127 Å². The van der Waals surface area contributed by atoms with Crippen LogP contribution in [-0.4, -0.2) is 18.5 Å². The number of carbonyl (C=O) groups excluding carboxylic acids is 2. The summed E-state index contributed by atoms with van der Waals surface area (Å²) in [4.78, 5) is 19.3. The minimum Gasteiger partial charge on any atom is -0.652 e. The van der Waals surface area contributed by atoms with Crippen LogP contribution in [0.2, 0.25) is 0 Å². The van der Waals surface area contributed by atoms with Crippen LogP contribution in [0.4, 0.5) is 4.79 Å². The third kappa shape index (κ3) is 6.84. The van der Waals surface area contributed by atoms with Crippen molar-refractivity contribution in [2.45, 2.75) is 0 Å². The minimum absolute atomic E-state index is 0. The summed E-state index contributed by atoms with van der Waals surface area (Å²) in [5.41, 5.74) is 0.711. The number of benzene rings is 1. The Morgan fingerprint density at radius 2 is 1.69 bits per heavy atom. The fourth-order valence-electron chi connectivity index (χ4n) is 1.04. The molecule has 1 aliphatic rings. The van der Waals surface area contributed by atoms with Crippen molar-refractivity contribution in [1.29, 1.82) is 0 Å². The van der Waals surface area contributed by atoms with Gasteiger partial charge in [-0.3, -0.25) is 4.79 Å². The van der Waals surface area contributed by atoms with E-state index in [0.717, 1.165) is 0 Å². The van der Waals surface area contributed by atoms with Gasteiger partial charge in [-0.2, -0.15) is 0 Å². The predicted octanol–water partition coefficient (Wildman–Crippen LogP) is -7.18. The van der Waals surface area contributed by atoms with Crippen molar-refractivity contribution in [3.8, 4) is 5.75 Å². The van der Waals surface area contributed by atoms with Gasteiger partial charge in [-0.1, -0.05) is 12.1 Å². The Kier molecular flexibility index (Phi) is 12.5. The summed E-state index contributed by atoms with van der Waals surface area (Å²) >= 11 is 0. The van der Waals surface area contributed by atoms with Crippen molar-refractivity contribution >= 4 is 11.9 Å². The van der Waals surface area contributed by atoms with Crippen LogP contribution in [0.25, 0.3) is 0 Å². The maximum absolute atomic E-state index is 10.9. The van der Waals surface area contributed by atoms with E-state index in [1.165, 1.54) is 0 Å². The molecule has 0 aromatic heterocycles. The molecule has 0 radical (unpaired) electrons. The molecule has 16 heavy (non-hydrogen) atoms. The first-order chi connectivity index (χ1) is 6.61. The molecule has 1 aromatic rings. The largest absolute Gasteiger partial charge is 1.00 e. The van der Waals surface area contributed by atoms with Crippen LogP contribution < -0.4 is 118 Å². The number of rotatable bonds is 0. The summed E-state index contributed by atoms with van der Waals surface area (Å²) in [6, 6.07) is 7.29. The molecule has 0 amide bonds. The monoisotopic (exact) mass is 272 g/mol. The summed E-state index contributed by atoms with van der Waals surface area (Å²) in [5, 5.41) is 16.7. The van der Waals surface area contributed by atoms with Gasteiger partial charge in [-0.25, -0.2) is 0 Å². The van der Waals surface area contributed by atoms with Crippen molar-refractivity contribution in [2.24, 2.45) is 0 Å². The first kappa shape index (κ1) is 19.6. The Morgan fingerprint density at radius 1 is 1.19 bits per heavy atom. The molecule has 0 saturated carbocycles. The summed E-state index contributed by atoms with van der Waals surface area (Å²) < 4.78 is 5.06. The van der Waals surface area contributed by atoms with E-state index < -0.39 is 6.16 Å². The van der Waals surface area contributed by atoms with Crippen LogP contribution in [0.1, 0.15) is 10.4 Å². The molecule has 0 fully saturated rings. The molecule has 7 heteroatoms. The summed E-state index contributed by atoms with van der Waals surface area (Å²) in [6.45, 7) is 0.208. The van der Waals surface area contributed by atoms with Crippen molar-refractivity contribution in [3.05, 3.63) is 29.8 Å². The predicted molar refractivity (Wildman–Crippen MR) is 41.7 cm³/mol. The first-order valence-corrected chi connectivity index (χ1v) is 3.74. The number of hydrogen-bond acceptors (Lipinski definition) is 5. The van der Waals surface area contributed by atoms with Gasteiger partial charge in [0.25, 0.3) is 0 Å². The molecule has 2 rings (SSSR count). The average molecular weight is 272 g/mol. The quantitative estimate of drug-likeness (QED) is 0.438. The van der Waals surface area contributed by atoms with E-state index in [2.05, 4.69) is 0 Å². The van der Waals surface area contributed by atoms with Crippen molar-refractivity contribution in [1.82, 2.24) is 0 Å². The number of fused-ring (bicyclic) bond motifs is 1. The summed E-state index contributed by atoms with van der Waals surface area (Å²) in [7, 11) is 0. The van der Waals surface area contributed by atoms with E-state index in [1.54, 1.807) is 12.1 Å². The molecule has 0 saturated heterocycles. The zero-order valence-corrected chi connectivity index (χ0v) is 15.3. The maximum atomic E-state index is 10.9. The fourth-order valence-corrected chi connectivity index (χ4v) is 1.04. The van der Waals surface area contributed by atoms with Crippen LogP contribution >= 0.6 is 0 Å². The molecule has 1 aromatic carbocycles. The fraction of sp³-hybridized carbons (Fsp3) is 0.111. The van der Waals surface area contributed by atoms with Crippen LogP contribution in [-0.2, 0) is 0 Å². The van der Waals surface area contributed by atoms with Crippen molar-refractivity contribution in [3.63, 3.8) is 0 Å². The Bertz CT molecular complexity index is 363. The molecule has 1 aliphatic heterocycles. The van der Waals surface area contributed by atoms with Crippen molar-refractivity contribution in [2.75, 3.05) is 6.61 Å². The van der Waals surface area contributed by atoms with E-state index in [4.69, 9.17) is 19.7 Å². The minimum atomic E-state index is -2.33. The maximum Gasteiger partial charge on any atom is 1.00 e. The van der Waals surface area contributed by atoms with E-state index in [9.17, 15) is 4.79 Å². The van der Waals surface area contributed by atoms with Crippen LogP contribution in [0, 0.1) is 0 Å². The third-order valence-electron chi connectivity index (χ3n) is 1.55. The molecule has 0 aliphatic carbocycles. The molecule has 74 valence electrons. The number of ketones is 1. The van der Waals surface area contributed by atoms with Gasteiger partial charge in [0.05, 0.1) is 5.56 Å². The van der Waals surface area contributed by atoms with Gasteiger partial charge < -0.3 is 19.7 Å². The average Bonchev–Trinajstić information content (AvgIpc) is 2.48. The van der Waals surface area contributed by atoms with E-state index in [1.807, 2.05) is 12.1 Å². The van der Waals surface area contributed by atoms with Gasteiger partial charge >= 0.3 is 103 Å². The number of hydrogen-bond donors (Lipinski definition) is 0. The zero-order chi connectivity index (χ0) is 10.6. The Hall–Kier alpha value is 1.23. The molecule has 0 bridgehead atoms. The molecule has 1 heterocycles. The summed E-state index contributed by atoms with van der Waals surface area (Å²) in [6.07, 6.45) is -2.33. The number of carbonyl (C=O) groups is 2. The van der Waals surface area contributed by atoms with Gasteiger partial charge in [0, 0.05) is 0 Å². The smallest absolute Gasteiger partial charge is 0.652 e. The topological polar surface area (TPSA) is 89.5 Å². The zero-order valence-electron chi connectivity index (χ0n) is 9.06. The van der Waals surface area contributed by atoms with E-state index in [-0.39, 0.29) is 115 Å². The second kappa shape index (κ2) is 10.2. The van der Waals surface area contributed by atoms with E-state index >= 15 is 0 Å². The normalized spacial score (nSPS) is 10.6. The molecule has 5 nitrogen and oxygen atoms in total. The molecule has 0 spiro atoms. The molecule has 0 N–H and O–H groups in total. The number of para-hydroxylation sites is 1. The van der Waals surface area contributed by atoms with Gasteiger partial charge in [0.2, 0.25) is 5.78 Å².